The molecule has 0 radical (unpaired) electrons. The highest BCUT2D eigenvalue weighted by Crippen LogP contribution is 2.45. The number of esters is 1. The fourth-order valence-electron chi connectivity index (χ4n) is 5.87. The van der Waals surface area contributed by atoms with Crippen molar-refractivity contribution in [2.24, 2.45) is 23.7 Å². The van der Waals surface area contributed by atoms with Gasteiger partial charge in [0.25, 0.3) is 0 Å². The third-order valence-electron chi connectivity index (χ3n) is 7.47. The molecule has 5 heteroatoms. The number of ether oxygens (including phenoxy) is 2. The Morgan fingerprint density at radius 3 is 2.79 bits per heavy atom. The van der Waals surface area contributed by atoms with Gasteiger partial charge >= 0.3 is 5.97 Å². The van der Waals surface area contributed by atoms with E-state index in [2.05, 4.69) is 17.7 Å². The standard InChI is InChI=1S/C24H40O5/c1-3-6-16-9-10-17(13-16)21(25)12-11-19-20-14-18(29-23(20)15-22(19)26)7-4-5-8-24(27)28-2/h11-12,16-23,25-26H,3-10,13-15H2,1-2H3/t16?,17?,18?,19-,20-,21-,22-,23-/m1/s1. The molecule has 2 N–H and O–H groups in total. The van der Waals surface area contributed by atoms with Crippen LogP contribution in [0.25, 0.3) is 0 Å². The molecule has 8 atom stereocenters. The minimum absolute atomic E-state index is 0.0857. The Hall–Kier alpha value is -0.910. The summed E-state index contributed by atoms with van der Waals surface area (Å²) in [6.45, 7) is 2.23. The van der Waals surface area contributed by atoms with Crippen LogP contribution in [0.3, 0.4) is 0 Å². The average molecular weight is 409 g/mol. The summed E-state index contributed by atoms with van der Waals surface area (Å²) in [5, 5.41) is 21.2. The van der Waals surface area contributed by atoms with Crippen molar-refractivity contribution < 1.29 is 24.5 Å². The molecular weight excluding hydrogens is 368 g/mol. The number of aliphatic hydroxyl groups is 2. The quantitative estimate of drug-likeness (QED) is 0.324. The molecule has 1 aliphatic heterocycles. The highest BCUT2D eigenvalue weighted by atomic mass is 16.5. The van der Waals surface area contributed by atoms with Crippen molar-refractivity contribution in [1.29, 1.82) is 0 Å². The predicted octanol–water partition coefficient (Wildman–Crippen LogP) is 4.01. The average Bonchev–Trinajstić information content (AvgIpc) is 3.39. The number of aliphatic hydroxyl groups excluding tert-OH is 2. The largest absolute Gasteiger partial charge is 0.469 e. The normalized spacial score (nSPS) is 37.9. The maximum Gasteiger partial charge on any atom is 0.305 e. The molecule has 2 saturated carbocycles. The van der Waals surface area contributed by atoms with E-state index >= 15 is 0 Å². The number of fused-ring (bicyclic) bond motifs is 1. The summed E-state index contributed by atoms with van der Waals surface area (Å²) in [6.07, 6.45) is 14.5. The van der Waals surface area contributed by atoms with E-state index in [1.807, 2.05) is 6.08 Å². The maximum absolute atomic E-state index is 11.2. The third-order valence-corrected chi connectivity index (χ3v) is 7.47. The lowest BCUT2D eigenvalue weighted by Gasteiger charge is -2.19. The summed E-state index contributed by atoms with van der Waals surface area (Å²) in [7, 11) is 1.43. The zero-order chi connectivity index (χ0) is 20.8. The van der Waals surface area contributed by atoms with Crippen LogP contribution in [0.2, 0.25) is 0 Å². The molecule has 3 fully saturated rings. The van der Waals surface area contributed by atoms with E-state index in [0.29, 0.717) is 24.7 Å². The molecule has 0 amide bonds. The van der Waals surface area contributed by atoms with Gasteiger partial charge in [0.05, 0.1) is 31.5 Å². The van der Waals surface area contributed by atoms with Crippen LogP contribution in [0.5, 0.6) is 0 Å². The van der Waals surface area contributed by atoms with E-state index in [9.17, 15) is 15.0 Å². The maximum atomic E-state index is 11.2. The van der Waals surface area contributed by atoms with E-state index in [-0.39, 0.29) is 36.3 Å². The Labute approximate surface area is 175 Å². The Bertz CT molecular complexity index is 547. The lowest BCUT2D eigenvalue weighted by molar-refractivity contribution is -0.140. The van der Waals surface area contributed by atoms with E-state index in [1.54, 1.807) is 0 Å². The Morgan fingerprint density at radius 2 is 2.03 bits per heavy atom. The predicted molar refractivity (Wildman–Crippen MR) is 112 cm³/mol. The highest BCUT2D eigenvalue weighted by Gasteiger charge is 2.47. The molecule has 166 valence electrons. The molecule has 3 aliphatic rings. The van der Waals surface area contributed by atoms with Gasteiger partial charge in [0.15, 0.2) is 0 Å². The second kappa shape index (κ2) is 10.9. The minimum atomic E-state index is -0.389. The van der Waals surface area contributed by atoms with Gasteiger partial charge in [0, 0.05) is 18.8 Å². The summed E-state index contributed by atoms with van der Waals surface area (Å²) < 4.78 is 10.9. The van der Waals surface area contributed by atoms with Crippen LogP contribution in [0, 0.1) is 23.7 Å². The van der Waals surface area contributed by atoms with Crippen LogP contribution >= 0.6 is 0 Å². The van der Waals surface area contributed by atoms with E-state index in [0.717, 1.165) is 44.4 Å². The van der Waals surface area contributed by atoms with Gasteiger partial charge in [-0.3, -0.25) is 4.79 Å². The molecule has 3 rings (SSSR count). The molecule has 0 aromatic carbocycles. The lowest BCUT2D eigenvalue weighted by atomic mass is 9.88. The van der Waals surface area contributed by atoms with Crippen molar-refractivity contribution >= 4 is 5.97 Å². The summed E-state index contributed by atoms with van der Waals surface area (Å²) in [5.74, 6) is 1.43. The molecule has 29 heavy (non-hydrogen) atoms. The topological polar surface area (TPSA) is 76.0 Å². The lowest BCUT2D eigenvalue weighted by Crippen LogP contribution is -2.21. The first-order valence-electron chi connectivity index (χ1n) is 11.8. The van der Waals surface area contributed by atoms with Gasteiger partial charge < -0.3 is 19.7 Å². The van der Waals surface area contributed by atoms with Gasteiger partial charge in [0.1, 0.15) is 0 Å². The monoisotopic (exact) mass is 408 g/mol. The van der Waals surface area contributed by atoms with E-state index in [4.69, 9.17) is 4.74 Å². The van der Waals surface area contributed by atoms with Crippen molar-refractivity contribution in [3.05, 3.63) is 12.2 Å². The number of hydrogen-bond acceptors (Lipinski definition) is 5. The molecule has 0 aromatic heterocycles. The number of carbonyl (C=O) groups excluding carboxylic acids is 1. The summed E-state index contributed by atoms with van der Waals surface area (Å²) in [6, 6.07) is 0. The number of rotatable bonds is 10. The Kier molecular flexibility index (Phi) is 8.57. The molecular formula is C24H40O5. The van der Waals surface area contributed by atoms with Gasteiger partial charge in [0.2, 0.25) is 0 Å². The zero-order valence-electron chi connectivity index (χ0n) is 18.2. The summed E-state index contributed by atoms with van der Waals surface area (Å²) >= 11 is 0. The molecule has 1 saturated heterocycles. The van der Waals surface area contributed by atoms with Crippen LogP contribution in [-0.4, -0.2) is 47.7 Å². The van der Waals surface area contributed by atoms with Crippen LogP contribution in [0.15, 0.2) is 12.2 Å². The summed E-state index contributed by atoms with van der Waals surface area (Å²) in [4.78, 5) is 11.2. The number of unbranched alkanes of at least 4 members (excludes halogenated alkanes) is 1. The Morgan fingerprint density at radius 1 is 1.21 bits per heavy atom. The molecule has 2 aliphatic carbocycles. The molecule has 0 aromatic rings. The van der Waals surface area contributed by atoms with Crippen molar-refractivity contribution in [3.8, 4) is 0 Å². The summed E-state index contributed by atoms with van der Waals surface area (Å²) in [5.41, 5.74) is 0. The van der Waals surface area contributed by atoms with Gasteiger partial charge in [-0.1, -0.05) is 44.8 Å². The first-order chi connectivity index (χ1) is 14.0. The van der Waals surface area contributed by atoms with Crippen molar-refractivity contribution in [1.82, 2.24) is 0 Å². The van der Waals surface area contributed by atoms with E-state index in [1.165, 1.54) is 26.4 Å². The Balaban J connectivity index is 1.44. The third kappa shape index (κ3) is 6.05. The van der Waals surface area contributed by atoms with Gasteiger partial charge in [-0.05, 0) is 49.9 Å². The minimum Gasteiger partial charge on any atom is -0.469 e. The SMILES string of the molecule is CCCC1CCC([C@H](O)C=C[C@@H]2[C@H]3CC(CCCCC(=O)OC)O[C@@H]3C[C@H]2O)C1. The first kappa shape index (κ1) is 22.8. The van der Waals surface area contributed by atoms with Gasteiger partial charge in [-0.2, -0.15) is 0 Å². The first-order valence-corrected chi connectivity index (χ1v) is 11.8. The molecule has 3 unspecified atom stereocenters. The fraction of sp³-hybridized carbons (Fsp3) is 0.875. The van der Waals surface area contributed by atoms with Crippen molar-refractivity contribution in [3.63, 3.8) is 0 Å². The second-order valence-corrected chi connectivity index (χ2v) is 9.50. The molecule has 1 heterocycles. The van der Waals surface area contributed by atoms with Crippen LogP contribution in [0.4, 0.5) is 0 Å². The van der Waals surface area contributed by atoms with Crippen LogP contribution in [-0.2, 0) is 14.3 Å². The number of methoxy groups -OCH3 is 1. The fourth-order valence-corrected chi connectivity index (χ4v) is 5.87. The van der Waals surface area contributed by atoms with Gasteiger partial charge in [-0.25, -0.2) is 0 Å². The zero-order valence-corrected chi connectivity index (χ0v) is 18.2. The second-order valence-electron chi connectivity index (χ2n) is 9.50. The molecule has 0 bridgehead atoms. The molecule has 0 spiro atoms. The van der Waals surface area contributed by atoms with Crippen molar-refractivity contribution in [2.75, 3.05) is 7.11 Å². The van der Waals surface area contributed by atoms with E-state index < -0.39 is 0 Å². The smallest absolute Gasteiger partial charge is 0.305 e. The van der Waals surface area contributed by atoms with Gasteiger partial charge in [-0.15, -0.1) is 0 Å². The van der Waals surface area contributed by atoms with Crippen LogP contribution in [0.1, 0.15) is 77.6 Å². The van der Waals surface area contributed by atoms with Crippen molar-refractivity contribution in [2.45, 2.75) is 102 Å². The molecule has 5 nitrogen and oxygen atoms in total. The van der Waals surface area contributed by atoms with Crippen LogP contribution < -0.4 is 0 Å². The number of carbonyl (C=O) groups is 1. The number of hydrogen-bond donors (Lipinski definition) is 2. The highest BCUT2D eigenvalue weighted by molar-refractivity contribution is 5.68.